The van der Waals surface area contributed by atoms with Crippen molar-refractivity contribution in [3.8, 4) is 0 Å². The van der Waals surface area contributed by atoms with E-state index < -0.39 is 0 Å². The molecule has 4 heteroatoms. The van der Waals surface area contributed by atoms with E-state index >= 15 is 0 Å². The number of nitrogens with one attached hydrogen (secondary N) is 1. The Morgan fingerprint density at radius 1 is 1.29 bits per heavy atom. The minimum Gasteiger partial charge on any atom is -0.313 e. The first-order valence-corrected chi connectivity index (χ1v) is 8.64. The molecule has 0 radical (unpaired) electrons. The largest absolute Gasteiger partial charge is 0.313 e. The Bertz CT molecular complexity index is 548. The molecule has 0 atom stereocenters. The number of nitrogens with zero attached hydrogens (tertiary/aromatic N) is 2. The molecule has 0 aliphatic heterocycles. The molecular formula is C17H25N3S. The maximum absolute atomic E-state index is 4.59. The zero-order valence-electron chi connectivity index (χ0n) is 13.2. The van der Waals surface area contributed by atoms with Crippen molar-refractivity contribution in [2.24, 2.45) is 0 Å². The van der Waals surface area contributed by atoms with Gasteiger partial charge in [0.05, 0.1) is 5.69 Å². The summed E-state index contributed by atoms with van der Waals surface area (Å²) in [7, 11) is 0. The van der Waals surface area contributed by atoms with Gasteiger partial charge in [-0.1, -0.05) is 19.1 Å². The number of rotatable bonds is 8. The van der Waals surface area contributed by atoms with Gasteiger partial charge in [0, 0.05) is 29.4 Å². The predicted octanol–water partition coefficient (Wildman–Crippen LogP) is 4.26. The summed E-state index contributed by atoms with van der Waals surface area (Å²) < 4.78 is 2.01. The lowest BCUT2D eigenvalue weighted by Crippen LogP contribution is -2.13. The van der Waals surface area contributed by atoms with E-state index in [1.165, 1.54) is 16.9 Å². The highest BCUT2D eigenvalue weighted by Crippen LogP contribution is 2.23. The Hall–Kier alpha value is -1.26. The van der Waals surface area contributed by atoms with Crippen molar-refractivity contribution in [2.75, 3.05) is 6.54 Å². The summed E-state index contributed by atoms with van der Waals surface area (Å²) in [5.74, 6) is 0.922. The Kier molecular flexibility index (Phi) is 6.33. The maximum Gasteiger partial charge on any atom is 0.0727 e. The van der Waals surface area contributed by atoms with Crippen LogP contribution in [0.1, 0.15) is 44.5 Å². The van der Waals surface area contributed by atoms with Crippen molar-refractivity contribution >= 4 is 11.8 Å². The first kappa shape index (κ1) is 16.1. The van der Waals surface area contributed by atoms with Crippen LogP contribution in [0.3, 0.4) is 0 Å². The van der Waals surface area contributed by atoms with E-state index in [0.717, 1.165) is 24.5 Å². The minimum atomic E-state index is 0.428. The van der Waals surface area contributed by atoms with Crippen molar-refractivity contribution in [1.82, 2.24) is 15.1 Å². The molecule has 0 aliphatic carbocycles. The van der Waals surface area contributed by atoms with Gasteiger partial charge in [0.15, 0.2) is 0 Å². The molecule has 2 rings (SSSR count). The minimum absolute atomic E-state index is 0.428. The van der Waals surface area contributed by atoms with Crippen molar-refractivity contribution in [3.63, 3.8) is 0 Å². The molecule has 1 heterocycles. The number of thioether (sulfide) groups is 1. The molecule has 0 saturated carbocycles. The van der Waals surface area contributed by atoms with Crippen LogP contribution in [0.2, 0.25) is 0 Å². The Labute approximate surface area is 132 Å². The molecule has 21 heavy (non-hydrogen) atoms. The quantitative estimate of drug-likeness (QED) is 0.584. The van der Waals surface area contributed by atoms with Crippen molar-refractivity contribution in [2.45, 2.75) is 50.4 Å². The molecule has 114 valence electrons. The molecule has 0 unspecified atom stereocenters. The Balaban J connectivity index is 1.88. The summed E-state index contributed by atoms with van der Waals surface area (Å²) in [5.41, 5.74) is 2.49. The van der Waals surface area contributed by atoms with Gasteiger partial charge >= 0.3 is 0 Å². The number of aromatic nitrogens is 2. The smallest absolute Gasteiger partial charge is 0.0727 e. The van der Waals surface area contributed by atoms with E-state index in [-0.39, 0.29) is 0 Å². The first-order valence-electron chi connectivity index (χ1n) is 7.65. The zero-order chi connectivity index (χ0) is 15.1. The third-order valence-electron chi connectivity index (χ3n) is 3.23. The van der Waals surface area contributed by atoms with Gasteiger partial charge in [-0.3, -0.25) is 4.68 Å². The summed E-state index contributed by atoms with van der Waals surface area (Å²) in [6, 6.07) is 11.3. The summed E-state index contributed by atoms with van der Waals surface area (Å²) in [5, 5.41) is 8.03. The monoisotopic (exact) mass is 303 g/mol. The summed E-state index contributed by atoms with van der Waals surface area (Å²) in [6.45, 7) is 8.51. The van der Waals surface area contributed by atoms with Gasteiger partial charge in [0.25, 0.3) is 0 Å². The molecule has 1 aromatic heterocycles. The summed E-state index contributed by atoms with van der Waals surface area (Å²) in [4.78, 5) is 1.31. The molecule has 3 nitrogen and oxygen atoms in total. The summed E-state index contributed by atoms with van der Waals surface area (Å²) in [6.07, 6.45) is 3.23. The molecular weight excluding hydrogens is 278 g/mol. The fourth-order valence-electron chi connectivity index (χ4n) is 2.05. The standard InChI is InChI=1S/C17H25N3S/c1-4-9-18-12-15-6-5-7-17(11-15)21-13-16-8-10-20(19-16)14(2)3/h5-8,10-11,14,18H,4,9,12-13H2,1-3H3. The lowest BCUT2D eigenvalue weighted by Gasteiger charge is -2.06. The fourth-order valence-corrected chi connectivity index (χ4v) is 2.93. The molecule has 0 saturated heterocycles. The van der Waals surface area contributed by atoms with Gasteiger partial charge in [0.2, 0.25) is 0 Å². The number of benzene rings is 1. The van der Waals surface area contributed by atoms with Gasteiger partial charge in [0.1, 0.15) is 0 Å². The molecule has 0 bridgehead atoms. The van der Waals surface area contributed by atoms with Crippen LogP contribution in [-0.2, 0) is 12.3 Å². The average Bonchev–Trinajstić information content (AvgIpc) is 2.95. The third-order valence-corrected chi connectivity index (χ3v) is 4.26. The van der Waals surface area contributed by atoms with Crippen LogP contribution in [0.15, 0.2) is 41.4 Å². The molecule has 1 aromatic carbocycles. The van der Waals surface area contributed by atoms with E-state index in [4.69, 9.17) is 0 Å². The second-order valence-electron chi connectivity index (χ2n) is 5.49. The molecule has 1 N–H and O–H groups in total. The van der Waals surface area contributed by atoms with Crippen molar-refractivity contribution in [3.05, 3.63) is 47.8 Å². The van der Waals surface area contributed by atoms with E-state index in [2.05, 4.69) is 67.7 Å². The van der Waals surface area contributed by atoms with Crippen LogP contribution >= 0.6 is 11.8 Å². The second kappa shape index (κ2) is 8.25. The fraction of sp³-hybridized carbons (Fsp3) is 0.471. The van der Waals surface area contributed by atoms with E-state index in [1.54, 1.807) is 0 Å². The van der Waals surface area contributed by atoms with E-state index in [1.807, 2.05) is 16.4 Å². The van der Waals surface area contributed by atoms with Crippen LogP contribution in [0.25, 0.3) is 0 Å². The average molecular weight is 303 g/mol. The molecule has 2 aromatic rings. The maximum atomic E-state index is 4.59. The van der Waals surface area contributed by atoms with Crippen LogP contribution in [0.5, 0.6) is 0 Å². The lowest BCUT2D eigenvalue weighted by atomic mass is 10.2. The van der Waals surface area contributed by atoms with Crippen LogP contribution < -0.4 is 5.32 Å². The van der Waals surface area contributed by atoms with Crippen LogP contribution in [0.4, 0.5) is 0 Å². The predicted molar refractivity (Wildman–Crippen MR) is 90.6 cm³/mol. The molecule has 0 amide bonds. The number of hydrogen-bond acceptors (Lipinski definition) is 3. The van der Waals surface area contributed by atoms with Gasteiger partial charge in [-0.25, -0.2) is 0 Å². The van der Waals surface area contributed by atoms with Gasteiger partial charge in [-0.2, -0.15) is 5.10 Å². The van der Waals surface area contributed by atoms with Crippen molar-refractivity contribution in [1.29, 1.82) is 0 Å². The highest BCUT2D eigenvalue weighted by Gasteiger charge is 2.03. The van der Waals surface area contributed by atoms with Gasteiger partial charge in [-0.15, -0.1) is 11.8 Å². The van der Waals surface area contributed by atoms with E-state index in [0.29, 0.717) is 6.04 Å². The van der Waals surface area contributed by atoms with Crippen LogP contribution in [-0.4, -0.2) is 16.3 Å². The normalized spacial score (nSPS) is 11.2. The highest BCUT2D eigenvalue weighted by molar-refractivity contribution is 7.98. The first-order chi connectivity index (χ1) is 10.2. The van der Waals surface area contributed by atoms with Gasteiger partial charge in [-0.05, 0) is 50.6 Å². The SMILES string of the molecule is CCCNCc1cccc(SCc2ccn(C(C)C)n2)c1. The summed E-state index contributed by atoms with van der Waals surface area (Å²) >= 11 is 1.85. The topological polar surface area (TPSA) is 29.9 Å². The molecule has 0 spiro atoms. The third kappa shape index (κ3) is 5.21. The number of hydrogen-bond donors (Lipinski definition) is 1. The zero-order valence-corrected chi connectivity index (χ0v) is 14.0. The lowest BCUT2D eigenvalue weighted by molar-refractivity contribution is 0.529. The molecule has 0 fully saturated rings. The van der Waals surface area contributed by atoms with Gasteiger partial charge < -0.3 is 5.32 Å². The van der Waals surface area contributed by atoms with Crippen LogP contribution in [0, 0.1) is 0 Å². The Morgan fingerprint density at radius 3 is 2.86 bits per heavy atom. The van der Waals surface area contributed by atoms with E-state index in [9.17, 15) is 0 Å². The second-order valence-corrected chi connectivity index (χ2v) is 6.54. The highest BCUT2D eigenvalue weighted by atomic mass is 32.2. The molecule has 0 aliphatic rings. The Morgan fingerprint density at radius 2 is 2.14 bits per heavy atom. The van der Waals surface area contributed by atoms with Crippen molar-refractivity contribution < 1.29 is 0 Å².